The molecule has 0 radical (unpaired) electrons. The van der Waals surface area contributed by atoms with Crippen LogP contribution in [0.4, 0.5) is 5.82 Å². The molecule has 1 N–H and O–H groups in total. The summed E-state index contributed by atoms with van der Waals surface area (Å²) in [5.41, 5.74) is 0.610. The standard InChI is InChI=1S/C13H10Cl2N2O2S/c14-11-5-7-16-13(9-11)17-20(18,19)8-6-10-3-1-2-4-12(10)15/h1-9H,(H,16,17)/b8-6+. The maximum atomic E-state index is 11.9. The van der Waals surface area contributed by atoms with Crippen molar-refractivity contribution in [3.8, 4) is 0 Å². The molecular weight excluding hydrogens is 319 g/mol. The third-order valence-electron chi connectivity index (χ3n) is 2.30. The van der Waals surface area contributed by atoms with Crippen molar-refractivity contribution in [2.45, 2.75) is 0 Å². The van der Waals surface area contributed by atoms with Gasteiger partial charge in [0.25, 0.3) is 10.0 Å². The van der Waals surface area contributed by atoms with Crippen molar-refractivity contribution in [2.24, 2.45) is 0 Å². The fraction of sp³-hybridized carbons (Fsp3) is 0. The van der Waals surface area contributed by atoms with Crippen molar-refractivity contribution >= 4 is 45.1 Å². The molecule has 0 aliphatic rings. The molecule has 1 aromatic carbocycles. The van der Waals surface area contributed by atoms with Crippen LogP contribution in [0.25, 0.3) is 6.08 Å². The maximum absolute atomic E-state index is 11.9. The fourth-order valence-electron chi connectivity index (χ4n) is 1.41. The van der Waals surface area contributed by atoms with Crippen molar-refractivity contribution in [2.75, 3.05) is 4.72 Å². The lowest BCUT2D eigenvalue weighted by Crippen LogP contribution is -2.09. The van der Waals surface area contributed by atoms with Crippen LogP contribution >= 0.6 is 23.2 Å². The summed E-state index contributed by atoms with van der Waals surface area (Å²) in [5.74, 6) is 0.154. The zero-order valence-electron chi connectivity index (χ0n) is 10.1. The van der Waals surface area contributed by atoms with Crippen molar-refractivity contribution in [3.05, 3.63) is 63.6 Å². The molecule has 0 unspecified atom stereocenters. The monoisotopic (exact) mass is 328 g/mol. The Bertz CT molecular complexity index is 746. The molecule has 0 bridgehead atoms. The van der Waals surface area contributed by atoms with E-state index in [0.717, 1.165) is 5.41 Å². The highest BCUT2D eigenvalue weighted by atomic mass is 35.5. The normalized spacial score (nSPS) is 11.7. The number of hydrogen-bond donors (Lipinski definition) is 1. The van der Waals surface area contributed by atoms with Gasteiger partial charge in [-0.15, -0.1) is 0 Å². The number of pyridine rings is 1. The van der Waals surface area contributed by atoms with Gasteiger partial charge in [0.15, 0.2) is 0 Å². The summed E-state index contributed by atoms with van der Waals surface area (Å²) in [6, 6.07) is 9.90. The third-order valence-corrected chi connectivity index (χ3v) is 3.87. The number of halogens is 2. The molecule has 0 atom stereocenters. The molecule has 1 aromatic heterocycles. The van der Waals surface area contributed by atoms with Crippen molar-refractivity contribution in [1.29, 1.82) is 0 Å². The Kier molecular flexibility index (Phi) is 4.65. The molecule has 7 heteroatoms. The first-order valence-electron chi connectivity index (χ1n) is 5.53. The van der Waals surface area contributed by atoms with Crippen LogP contribution in [-0.2, 0) is 10.0 Å². The Morgan fingerprint density at radius 1 is 1.15 bits per heavy atom. The average Bonchev–Trinajstić information content (AvgIpc) is 2.37. The van der Waals surface area contributed by atoms with Gasteiger partial charge in [-0.3, -0.25) is 4.72 Å². The first kappa shape index (κ1) is 14.8. The summed E-state index contributed by atoms with van der Waals surface area (Å²) in [7, 11) is -3.68. The van der Waals surface area contributed by atoms with Gasteiger partial charge in [0.1, 0.15) is 5.82 Å². The summed E-state index contributed by atoms with van der Waals surface area (Å²) in [5, 5.41) is 1.89. The van der Waals surface area contributed by atoms with E-state index in [4.69, 9.17) is 23.2 Å². The van der Waals surface area contributed by atoms with E-state index in [2.05, 4.69) is 9.71 Å². The summed E-state index contributed by atoms with van der Waals surface area (Å²) < 4.78 is 26.0. The van der Waals surface area contributed by atoms with Crippen LogP contribution in [0.2, 0.25) is 10.0 Å². The van der Waals surface area contributed by atoms with Gasteiger partial charge in [-0.05, 0) is 23.8 Å². The summed E-state index contributed by atoms with van der Waals surface area (Å²) in [6.07, 6.45) is 2.83. The number of nitrogens with one attached hydrogen (secondary N) is 1. The Hall–Kier alpha value is -1.56. The van der Waals surface area contributed by atoms with Crippen LogP contribution in [0.15, 0.2) is 48.0 Å². The van der Waals surface area contributed by atoms with E-state index >= 15 is 0 Å². The first-order valence-corrected chi connectivity index (χ1v) is 7.83. The van der Waals surface area contributed by atoms with E-state index in [0.29, 0.717) is 15.6 Å². The minimum absolute atomic E-state index is 0.154. The van der Waals surface area contributed by atoms with E-state index in [9.17, 15) is 8.42 Å². The highest BCUT2D eigenvalue weighted by Gasteiger charge is 2.07. The minimum atomic E-state index is -3.68. The molecule has 0 saturated heterocycles. The van der Waals surface area contributed by atoms with Gasteiger partial charge in [-0.1, -0.05) is 41.4 Å². The molecule has 0 aliphatic carbocycles. The van der Waals surface area contributed by atoms with Crippen molar-refractivity contribution in [1.82, 2.24) is 4.98 Å². The number of benzene rings is 1. The molecule has 2 aromatic rings. The largest absolute Gasteiger partial charge is 0.264 e. The quantitative estimate of drug-likeness (QED) is 0.928. The average molecular weight is 329 g/mol. The molecule has 104 valence electrons. The van der Waals surface area contributed by atoms with Crippen LogP contribution in [0.3, 0.4) is 0 Å². The molecule has 0 saturated carbocycles. The van der Waals surface area contributed by atoms with Crippen LogP contribution in [-0.4, -0.2) is 13.4 Å². The second-order valence-electron chi connectivity index (χ2n) is 3.83. The molecule has 0 fully saturated rings. The number of rotatable bonds is 4. The number of anilines is 1. The number of aromatic nitrogens is 1. The van der Waals surface area contributed by atoms with Gasteiger partial charge in [0, 0.05) is 22.3 Å². The van der Waals surface area contributed by atoms with Gasteiger partial charge in [-0.25, -0.2) is 13.4 Å². The van der Waals surface area contributed by atoms with Crippen LogP contribution in [0, 0.1) is 0 Å². The van der Waals surface area contributed by atoms with Gasteiger partial charge >= 0.3 is 0 Å². The van der Waals surface area contributed by atoms with Gasteiger partial charge in [0.2, 0.25) is 0 Å². The predicted molar refractivity (Wildman–Crippen MR) is 82.3 cm³/mol. The second-order valence-corrected chi connectivity index (χ2v) is 6.24. The maximum Gasteiger partial charge on any atom is 0.256 e. The molecular formula is C13H10Cl2N2O2S. The zero-order chi connectivity index (χ0) is 14.6. The minimum Gasteiger partial charge on any atom is -0.264 e. The molecule has 20 heavy (non-hydrogen) atoms. The van der Waals surface area contributed by atoms with Crippen molar-refractivity contribution in [3.63, 3.8) is 0 Å². The third kappa shape index (κ3) is 4.23. The topological polar surface area (TPSA) is 59.1 Å². The Balaban J connectivity index is 2.18. The van der Waals surface area contributed by atoms with E-state index in [1.165, 1.54) is 18.3 Å². The lowest BCUT2D eigenvalue weighted by molar-refractivity contribution is 0.609. The van der Waals surface area contributed by atoms with Gasteiger partial charge < -0.3 is 0 Å². The molecule has 0 spiro atoms. The van der Waals surface area contributed by atoms with E-state index < -0.39 is 10.0 Å². The molecule has 4 nitrogen and oxygen atoms in total. The predicted octanol–water partition coefficient (Wildman–Crippen LogP) is 3.80. The Labute approximate surface area is 127 Å². The number of nitrogens with zero attached hydrogens (tertiary/aromatic N) is 1. The Morgan fingerprint density at radius 2 is 1.90 bits per heavy atom. The van der Waals surface area contributed by atoms with Crippen molar-refractivity contribution < 1.29 is 8.42 Å². The van der Waals surface area contributed by atoms with Gasteiger partial charge in [-0.2, -0.15) is 0 Å². The number of hydrogen-bond acceptors (Lipinski definition) is 3. The lowest BCUT2D eigenvalue weighted by Gasteiger charge is -2.03. The van der Waals surface area contributed by atoms with Crippen LogP contribution in [0.5, 0.6) is 0 Å². The fourth-order valence-corrected chi connectivity index (χ4v) is 2.57. The molecule has 1 heterocycles. The van der Waals surface area contributed by atoms with E-state index in [1.807, 2.05) is 0 Å². The second kappa shape index (κ2) is 6.26. The SMILES string of the molecule is O=S(=O)(/C=C/c1ccccc1Cl)Nc1cc(Cl)ccn1. The van der Waals surface area contributed by atoms with E-state index in [1.54, 1.807) is 30.3 Å². The van der Waals surface area contributed by atoms with Crippen LogP contribution in [0.1, 0.15) is 5.56 Å². The zero-order valence-corrected chi connectivity index (χ0v) is 12.5. The highest BCUT2D eigenvalue weighted by molar-refractivity contribution is 7.95. The van der Waals surface area contributed by atoms with Gasteiger partial charge in [0.05, 0.1) is 5.41 Å². The Morgan fingerprint density at radius 3 is 2.60 bits per heavy atom. The highest BCUT2D eigenvalue weighted by Crippen LogP contribution is 2.18. The molecule has 0 amide bonds. The smallest absolute Gasteiger partial charge is 0.256 e. The summed E-state index contributed by atoms with van der Waals surface area (Å²) in [4.78, 5) is 3.86. The summed E-state index contributed by atoms with van der Waals surface area (Å²) in [6.45, 7) is 0. The molecule has 0 aliphatic heterocycles. The lowest BCUT2D eigenvalue weighted by atomic mass is 10.2. The molecule has 2 rings (SSSR count). The van der Waals surface area contributed by atoms with E-state index in [-0.39, 0.29) is 5.82 Å². The van der Waals surface area contributed by atoms with Crippen LogP contribution < -0.4 is 4.72 Å². The summed E-state index contributed by atoms with van der Waals surface area (Å²) >= 11 is 11.7. The first-order chi connectivity index (χ1) is 9.46. The number of sulfonamides is 1.